The first-order valence-electron chi connectivity index (χ1n) is 7.45. The van der Waals surface area contributed by atoms with Gasteiger partial charge < -0.3 is 14.8 Å². The van der Waals surface area contributed by atoms with E-state index in [1.165, 1.54) is 0 Å². The fourth-order valence-corrected chi connectivity index (χ4v) is 2.60. The van der Waals surface area contributed by atoms with Crippen LogP contribution in [0.3, 0.4) is 0 Å². The number of amides is 1. The van der Waals surface area contributed by atoms with E-state index in [4.69, 9.17) is 32.7 Å². The van der Waals surface area contributed by atoms with Crippen LogP contribution in [0.2, 0.25) is 10.0 Å². The summed E-state index contributed by atoms with van der Waals surface area (Å²) in [5, 5.41) is 3.73. The molecule has 0 heterocycles. The third-order valence-corrected chi connectivity index (χ3v) is 3.87. The van der Waals surface area contributed by atoms with Crippen LogP contribution < -0.4 is 10.1 Å². The van der Waals surface area contributed by atoms with E-state index in [1.54, 1.807) is 32.2 Å². The predicted octanol–water partition coefficient (Wildman–Crippen LogP) is 4.22. The highest BCUT2D eigenvalue weighted by Gasteiger charge is 2.16. The molecular formula is C18H19Cl2NO3. The highest BCUT2D eigenvalue weighted by atomic mass is 35.5. The maximum Gasteiger partial charge on any atom is 0.261 e. The Kier molecular flexibility index (Phi) is 6.91. The monoisotopic (exact) mass is 367 g/mol. The van der Waals surface area contributed by atoms with Crippen molar-refractivity contribution in [3.05, 3.63) is 63.6 Å². The second-order valence-corrected chi connectivity index (χ2v) is 6.15. The van der Waals surface area contributed by atoms with Crippen molar-refractivity contribution in [2.24, 2.45) is 0 Å². The molecule has 0 aromatic heterocycles. The van der Waals surface area contributed by atoms with Crippen molar-refractivity contribution in [2.45, 2.75) is 26.2 Å². The van der Waals surface area contributed by atoms with E-state index in [9.17, 15) is 4.79 Å². The molecule has 0 bridgehead atoms. The average Bonchev–Trinajstić information content (AvgIpc) is 2.56. The van der Waals surface area contributed by atoms with Crippen molar-refractivity contribution in [3.8, 4) is 5.75 Å². The van der Waals surface area contributed by atoms with Crippen LogP contribution in [0.1, 0.15) is 18.1 Å². The van der Waals surface area contributed by atoms with E-state index >= 15 is 0 Å². The molecule has 4 nitrogen and oxygen atoms in total. The van der Waals surface area contributed by atoms with Crippen LogP contribution in [0.5, 0.6) is 5.75 Å². The number of carbonyl (C=O) groups excluding carboxylic acids is 1. The fraction of sp³-hybridized carbons (Fsp3) is 0.278. The zero-order valence-corrected chi connectivity index (χ0v) is 15.0. The molecule has 0 saturated heterocycles. The lowest BCUT2D eigenvalue weighted by atomic mass is 10.1. The van der Waals surface area contributed by atoms with Gasteiger partial charge >= 0.3 is 0 Å². The molecule has 2 rings (SSSR count). The molecule has 2 aromatic rings. The zero-order valence-electron chi connectivity index (χ0n) is 13.5. The van der Waals surface area contributed by atoms with Gasteiger partial charge in [0.05, 0.1) is 11.6 Å². The van der Waals surface area contributed by atoms with Crippen LogP contribution in [0.4, 0.5) is 0 Å². The molecule has 0 radical (unpaired) electrons. The SMILES string of the molecule is COCc1cccc(CNC(=O)C(C)Oc2ccc(Cl)cc2Cl)c1. The number of hydrogen-bond acceptors (Lipinski definition) is 3. The first kappa shape index (κ1) is 18.6. The van der Waals surface area contributed by atoms with Crippen molar-refractivity contribution in [1.82, 2.24) is 5.32 Å². The minimum absolute atomic E-state index is 0.224. The molecule has 6 heteroatoms. The Balaban J connectivity index is 1.90. The molecule has 1 unspecified atom stereocenters. The molecule has 128 valence electrons. The van der Waals surface area contributed by atoms with Crippen molar-refractivity contribution in [3.63, 3.8) is 0 Å². The van der Waals surface area contributed by atoms with Crippen LogP contribution in [0.15, 0.2) is 42.5 Å². The molecule has 0 aliphatic rings. The minimum Gasteiger partial charge on any atom is -0.479 e. The van der Waals surface area contributed by atoms with Gasteiger partial charge in [-0.05, 0) is 36.2 Å². The Bertz CT molecular complexity index is 706. The van der Waals surface area contributed by atoms with Gasteiger partial charge in [-0.25, -0.2) is 0 Å². The van der Waals surface area contributed by atoms with Crippen molar-refractivity contribution < 1.29 is 14.3 Å². The molecule has 2 aromatic carbocycles. The smallest absolute Gasteiger partial charge is 0.261 e. The second kappa shape index (κ2) is 8.92. The first-order valence-corrected chi connectivity index (χ1v) is 8.21. The predicted molar refractivity (Wildman–Crippen MR) is 95.6 cm³/mol. The molecule has 0 aliphatic heterocycles. The van der Waals surface area contributed by atoms with E-state index in [0.717, 1.165) is 11.1 Å². The molecule has 0 spiro atoms. The summed E-state index contributed by atoms with van der Waals surface area (Å²) in [4.78, 5) is 12.2. The molecule has 1 N–H and O–H groups in total. The maximum atomic E-state index is 12.2. The highest BCUT2D eigenvalue weighted by Crippen LogP contribution is 2.28. The summed E-state index contributed by atoms with van der Waals surface area (Å²) in [7, 11) is 1.65. The molecule has 1 amide bonds. The summed E-state index contributed by atoms with van der Waals surface area (Å²) in [5.41, 5.74) is 2.05. The normalized spacial score (nSPS) is 11.8. The van der Waals surface area contributed by atoms with Gasteiger partial charge in [0.2, 0.25) is 0 Å². The zero-order chi connectivity index (χ0) is 17.5. The molecule has 0 fully saturated rings. The number of rotatable bonds is 7. The van der Waals surface area contributed by atoms with E-state index in [1.807, 2.05) is 24.3 Å². The van der Waals surface area contributed by atoms with E-state index in [-0.39, 0.29) is 5.91 Å². The van der Waals surface area contributed by atoms with Crippen LogP contribution in [0, 0.1) is 0 Å². The minimum atomic E-state index is -0.675. The molecule has 0 saturated carbocycles. The summed E-state index contributed by atoms with van der Waals surface area (Å²) < 4.78 is 10.7. The van der Waals surface area contributed by atoms with Crippen molar-refractivity contribution in [1.29, 1.82) is 0 Å². The molecule has 24 heavy (non-hydrogen) atoms. The summed E-state index contributed by atoms with van der Waals surface area (Å²) in [6.07, 6.45) is -0.675. The Morgan fingerprint density at radius 2 is 1.92 bits per heavy atom. The Morgan fingerprint density at radius 1 is 1.17 bits per heavy atom. The lowest BCUT2D eigenvalue weighted by molar-refractivity contribution is -0.127. The third-order valence-electron chi connectivity index (χ3n) is 3.34. The van der Waals surface area contributed by atoms with Gasteiger partial charge in [0.1, 0.15) is 5.75 Å². The number of methoxy groups -OCH3 is 1. The third kappa shape index (κ3) is 5.41. The maximum absolute atomic E-state index is 12.2. The van der Waals surface area contributed by atoms with Crippen LogP contribution in [0.25, 0.3) is 0 Å². The van der Waals surface area contributed by atoms with Gasteiger partial charge in [-0.2, -0.15) is 0 Å². The average molecular weight is 368 g/mol. The summed E-state index contributed by atoms with van der Waals surface area (Å²) >= 11 is 11.9. The Labute approximate surface area is 151 Å². The number of benzene rings is 2. The highest BCUT2D eigenvalue weighted by molar-refractivity contribution is 6.35. The van der Waals surface area contributed by atoms with Crippen molar-refractivity contribution >= 4 is 29.1 Å². The van der Waals surface area contributed by atoms with Crippen LogP contribution in [-0.4, -0.2) is 19.1 Å². The number of hydrogen-bond donors (Lipinski definition) is 1. The largest absolute Gasteiger partial charge is 0.479 e. The lowest BCUT2D eigenvalue weighted by Gasteiger charge is -2.16. The van der Waals surface area contributed by atoms with Crippen LogP contribution >= 0.6 is 23.2 Å². The van der Waals surface area contributed by atoms with Crippen LogP contribution in [-0.2, 0) is 22.7 Å². The fourth-order valence-electron chi connectivity index (χ4n) is 2.14. The van der Waals surface area contributed by atoms with E-state index in [0.29, 0.717) is 28.9 Å². The first-order chi connectivity index (χ1) is 11.5. The lowest BCUT2D eigenvalue weighted by Crippen LogP contribution is -2.36. The van der Waals surface area contributed by atoms with Gasteiger partial charge in [0, 0.05) is 18.7 Å². The summed E-state index contributed by atoms with van der Waals surface area (Å²) in [6.45, 7) is 2.62. The Morgan fingerprint density at radius 3 is 2.62 bits per heavy atom. The number of nitrogens with one attached hydrogen (secondary N) is 1. The summed E-state index contributed by atoms with van der Waals surface area (Å²) in [5.74, 6) is 0.198. The topological polar surface area (TPSA) is 47.6 Å². The molecule has 1 atom stereocenters. The van der Waals surface area contributed by atoms with Gasteiger partial charge in [0.25, 0.3) is 5.91 Å². The van der Waals surface area contributed by atoms with Gasteiger partial charge in [-0.1, -0.05) is 47.5 Å². The van der Waals surface area contributed by atoms with Gasteiger partial charge in [-0.3, -0.25) is 4.79 Å². The van der Waals surface area contributed by atoms with Gasteiger partial charge in [0.15, 0.2) is 6.10 Å². The number of ether oxygens (including phenoxy) is 2. The molecular weight excluding hydrogens is 349 g/mol. The number of carbonyl (C=O) groups is 1. The quantitative estimate of drug-likeness (QED) is 0.796. The molecule has 0 aliphatic carbocycles. The number of halogens is 2. The van der Waals surface area contributed by atoms with E-state index in [2.05, 4.69) is 5.32 Å². The van der Waals surface area contributed by atoms with Gasteiger partial charge in [-0.15, -0.1) is 0 Å². The Hall–Kier alpha value is -1.75. The second-order valence-electron chi connectivity index (χ2n) is 5.31. The van der Waals surface area contributed by atoms with E-state index < -0.39 is 6.10 Å². The van der Waals surface area contributed by atoms with Crippen molar-refractivity contribution in [2.75, 3.05) is 7.11 Å². The standard InChI is InChI=1S/C18H19Cl2NO3/c1-12(24-17-7-6-15(19)9-16(17)20)18(22)21-10-13-4-3-5-14(8-13)11-23-2/h3-9,12H,10-11H2,1-2H3,(H,21,22). The summed E-state index contributed by atoms with van der Waals surface area (Å²) in [6, 6.07) is 12.7.